The lowest BCUT2D eigenvalue weighted by Gasteiger charge is -2.10. The molecule has 0 atom stereocenters. The highest BCUT2D eigenvalue weighted by molar-refractivity contribution is 6.32. The fourth-order valence-electron chi connectivity index (χ4n) is 2.56. The predicted molar refractivity (Wildman–Crippen MR) is 93.9 cm³/mol. The number of nitrogens with zero attached hydrogens (tertiary/aromatic N) is 4. The molecule has 0 aliphatic rings. The molecule has 0 aliphatic heterocycles. The summed E-state index contributed by atoms with van der Waals surface area (Å²) in [6.07, 6.45) is 3.91. The molecule has 2 aromatic heterocycles. The summed E-state index contributed by atoms with van der Waals surface area (Å²) in [7, 11) is 1.80. The van der Waals surface area contributed by atoms with Gasteiger partial charge >= 0.3 is 0 Å². The van der Waals surface area contributed by atoms with Crippen LogP contribution < -0.4 is 5.32 Å². The quantitative estimate of drug-likeness (QED) is 0.789. The number of halogens is 1. The Balaban J connectivity index is 1.94. The third kappa shape index (κ3) is 2.80. The lowest BCUT2D eigenvalue weighted by Crippen LogP contribution is -2.14. The summed E-state index contributed by atoms with van der Waals surface area (Å²) in [6, 6.07) is 7.48. The molecule has 3 aromatic rings. The molecule has 7 heteroatoms. The van der Waals surface area contributed by atoms with E-state index in [0.29, 0.717) is 22.7 Å². The van der Waals surface area contributed by atoms with E-state index in [1.165, 1.54) is 0 Å². The largest absolute Gasteiger partial charge is 0.319 e. The van der Waals surface area contributed by atoms with Gasteiger partial charge in [0.1, 0.15) is 0 Å². The SMILES string of the molecule is CCc1c(NC(=O)c2cnn(C)c2C)cnn1-c1ccccc1Cl. The Hall–Kier alpha value is -2.60. The number of hydrogen-bond acceptors (Lipinski definition) is 3. The maximum Gasteiger partial charge on any atom is 0.259 e. The van der Waals surface area contributed by atoms with Crippen LogP contribution in [0.25, 0.3) is 5.69 Å². The molecule has 0 saturated heterocycles. The van der Waals surface area contributed by atoms with Crippen molar-refractivity contribution in [3.05, 3.63) is 58.6 Å². The summed E-state index contributed by atoms with van der Waals surface area (Å²) >= 11 is 6.26. The Bertz CT molecular complexity index is 896. The first-order chi connectivity index (χ1) is 11.5. The van der Waals surface area contributed by atoms with Gasteiger partial charge in [-0.15, -0.1) is 0 Å². The fourth-order valence-corrected chi connectivity index (χ4v) is 2.78. The van der Waals surface area contributed by atoms with Gasteiger partial charge in [0, 0.05) is 12.7 Å². The van der Waals surface area contributed by atoms with Crippen molar-refractivity contribution < 1.29 is 4.79 Å². The van der Waals surface area contributed by atoms with Crippen LogP contribution in [0.4, 0.5) is 5.69 Å². The third-order valence-electron chi connectivity index (χ3n) is 4.01. The highest BCUT2D eigenvalue weighted by Gasteiger charge is 2.18. The molecule has 2 heterocycles. The molecule has 124 valence electrons. The number of aryl methyl sites for hydroxylation is 1. The van der Waals surface area contributed by atoms with Crippen LogP contribution in [0.1, 0.15) is 28.7 Å². The van der Waals surface area contributed by atoms with Crippen molar-refractivity contribution in [1.82, 2.24) is 19.6 Å². The van der Waals surface area contributed by atoms with Crippen molar-refractivity contribution in [1.29, 1.82) is 0 Å². The number of nitrogens with one attached hydrogen (secondary N) is 1. The number of anilines is 1. The minimum Gasteiger partial charge on any atom is -0.319 e. The zero-order valence-electron chi connectivity index (χ0n) is 13.7. The average molecular weight is 344 g/mol. The number of carbonyl (C=O) groups excluding carboxylic acids is 1. The number of aromatic nitrogens is 4. The highest BCUT2D eigenvalue weighted by atomic mass is 35.5. The summed E-state index contributed by atoms with van der Waals surface area (Å²) in [4.78, 5) is 12.5. The van der Waals surface area contributed by atoms with Gasteiger partial charge in [-0.1, -0.05) is 30.7 Å². The molecule has 6 nitrogen and oxygen atoms in total. The first-order valence-electron chi connectivity index (χ1n) is 7.64. The Labute approximate surface area is 145 Å². The predicted octanol–water partition coefficient (Wildman–Crippen LogP) is 3.38. The van der Waals surface area contributed by atoms with Crippen LogP contribution in [0.5, 0.6) is 0 Å². The average Bonchev–Trinajstić information content (AvgIpc) is 3.12. The zero-order valence-corrected chi connectivity index (χ0v) is 14.5. The highest BCUT2D eigenvalue weighted by Crippen LogP contribution is 2.25. The van der Waals surface area contributed by atoms with E-state index in [4.69, 9.17) is 11.6 Å². The number of carbonyl (C=O) groups is 1. The van der Waals surface area contributed by atoms with Gasteiger partial charge in [0.05, 0.1) is 40.0 Å². The number of benzene rings is 1. The Morgan fingerprint density at radius 2 is 2.00 bits per heavy atom. The van der Waals surface area contributed by atoms with Gasteiger partial charge in [0.2, 0.25) is 0 Å². The van der Waals surface area contributed by atoms with Crippen LogP contribution >= 0.6 is 11.6 Å². The van der Waals surface area contributed by atoms with Gasteiger partial charge in [-0.3, -0.25) is 9.48 Å². The van der Waals surface area contributed by atoms with E-state index < -0.39 is 0 Å². The third-order valence-corrected chi connectivity index (χ3v) is 4.33. The summed E-state index contributed by atoms with van der Waals surface area (Å²) in [5.74, 6) is -0.200. The summed E-state index contributed by atoms with van der Waals surface area (Å²) in [6.45, 7) is 3.87. The van der Waals surface area contributed by atoms with Crippen LogP contribution in [0, 0.1) is 6.92 Å². The minimum atomic E-state index is -0.200. The van der Waals surface area contributed by atoms with Crippen molar-refractivity contribution in [3.8, 4) is 5.69 Å². The second-order valence-electron chi connectivity index (χ2n) is 5.44. The molecule has 0 unspecified atom stereocenters. The molecule has 1 aromatic carbocycles. The lowest BCUT2D eigenvalue weighted by molar-refractivity contribution is 0.102. The summed E-state index contributed by atoms with van der Waals surface area (Å²) < 4.78 is 3.43. The maximum absolute atomic E-state index is 12.5. The maximum atomic E-state index is 12.5. The normalized spacial score (nSPS) is 10.8. The van der Waals surface area contributed by atoms with Gasteiger partial charge in [0.25, 0.3) is 5.91 Å². The molecule has 0 saturated carbocycles. The van der Waals surface area contributed by atoms with Crippen molar-refractivity contribution in [3.63, 3.8) is 0 Å². The van der Waals surface area contributed by atoms with Crippen LogP contribution in [0.15, 0.2) is 36.7 Å². The zero-order chi connectivity index (χ0) is 17.3. The molecule has 0 radical (unpaired) electrons. The second-order valence-corrected chi connectivity index (χ2v) is 5.85. The number of hydrogen-bond donors (Lipinski definition) is 1. The van der Waals surface area contributed by atoms with E-state index in [1.807, 2.05) is 38.1 Å². The standard InChI is InChI=1S/C17H18ClN5O/c1-4-15-14(21-17(24)12-9-19-22(3)11(12)2)10-20-23(15)16-8-6-5-7-13(16)18/h5-10H,4H2,1-3H3,(H,21,24). The minimum absolute atomic E-state index is 0.200. The lowest BCUT2D eigenvalue weighted by atomic mass is 10.2. The molecule has 0 spiro atoms. The monoisotopic (exact) mass is 343 g/mol. The molecule has 0 aliphatic carbocycles. The van der Waals surface area contributed by atoms with E-state index in [0.717, 1.165) is 17.1 Å². The first kappa shape index (κ1) is 16.3. The smallest absolute Gasteiger partial charge is 0.259 e. The number of rotatable bonds is 4. The van der Waals surface area contributed by atoms with Crippen LogP contribution in [-0.4, -0.2) is 25.5 Å². The molecule has 24 heavy (non-hydrogen) atoms. The first-order valence-corrected chi connectivity index (χ1v) is 8.02. The molecular weight excluding hydrogens is 326 g/mol. The molecule has 3 rings (SSSR count). The van der Waals surface area contributed by atoms with E-state index in [1.54, 1.807) is 28.8 Å². The van der Waals surface area contributed by atoms with Crippen LogP contribution in [0.3, 0.4) is 0 Å². The van der Waals surface area contributed by atoms with Gasteiger partial charge in [0.15, 0.2) is 0 Å². The van der Waals surface area contributed by atoms with Gasteiger partial charge in [-0.2, -0.15) is 10.2 Å². The van der Waals surface area contributed by atoms with E-state index in [-0.39, 0.29) is 5.91 Å². The number of para-hydroxylation sites is 1. The molecule has 1 N–H and O–H groups in total. The Morgan fingerprint density at radius 3 is 2.62 bits per heavy atom. The van der Waals surface area contributed by atoms with Crippen molar-refractivity contribution >= 4 is 23.2 Å². The van der Waals surface area contributed by atoms with Crippen molar-refractivity contribution in [2.45, 2.75) is 20.3 Å². The summed E-state index contributed by atoms with van der Waals surface area (Å²) in [5, 5.41) is 12.0. The van der Waals surface area contributed by atoms with Gasteiger partial charge < -0.3 is 5.32 Å². The molecule has 0 bridgehead atoms. The van der Waals surface area contributed by atoms with E-state index in [9.17, 15) is 4.79 Å². The van der Waals surface area contributed by atoms with Gasteiger partial charge in [-0.05, 0) is 25.5 Å². The van der Waals surface area contributed by atoms with Crippen LogP contribution in [0.2, 0.25) is 5.02 Å². The molecule has 0 fully saturated rings. The molecule has 1 amide bonds. The Morgan fingerprint density at radius 1 is 1.25 bits per heavy atom. The van der Waals surface area contributed by atoms with Crippen LogP contribution in [-0.2, 0) is 13.5 Å². The second kappa shape index (κ2) is 6.49. The fraction of sp³-hybridized carbons (Fsp3) is 0.235. The van der Waals surface area contributed by atoms with Gasteiger partial charge in [-0.25, -0.2) is 4.68 Å². The summed E-state index contributed by atoms with van der Waals surface area (Å²) in [5.41, 5.74) is 3.70. The molecular formula is C17H18ClN5O. The Kier molecular flexibility index (Phi) is 4.40. The topological polar surface area (TPSA) is 64.7 Å². The van der Waals surface area contributed by atoms with E-state index >= 15 is 0 Å². The van der Waals surface area contributed by atoms with E-state index in [2.05, 4.69) is 15.5 Å². The van der Waals surface area contributed by atoms with Crippen molar-refractivity contribution in [2.75, 3.05) is 5.32 Å². The van der Waals surface area contributed by atoms with Crippen molar-refractivity contribution in [2.24, 2.45) is 7.05 Å². The number of amides is 1.